The van der Waals surface area contributed by atoms with Crippen molar-refractivity contribution in [2.45, 2.75) is 10.6 Å². The van der Waals surface area contributed by atoms with Crippen molar-refractivity contribution in [1.82, 2.24) is 0 Å². The summed E-state index contributed by atoms with van der Waals surface area (Å²) in [5.74, 6) is -1.84. The van der Waals surface area contributed by atoms with E-state index in [2.05, 4.69) is 5.32 Å². The summed E-state index contributed by atoms with van der Waals surface area (Å²) >= 11 is 0. The van der Waals surface area contributed by atoms with E-state index in [0.717, 1.165) is 0 Å². The lowest BCUT2D eigenvalue weighted by Gasteiger charge is -2.07. The monoisotopic (exact) mass is 396 g/mol. The molecule has 138 valence electrons. The number of primary sulfonamides is 1. The third-order valence-corrected chi connectivity index (χ3v) is 5.43. The minimum Gasteiger partial charge on any atom is -0.478 e. The van der Waals surface area contributed by atoms with E-state index >= 15 is 0 Å². The van der Waals surface area contributed by atoms with Gasteiger partial charge in [-0.25, -0.2) is 18.4 Å². The lowest BCUT2D eigenvalue weighted by atomic mass is 10.1. The summed E-state index contributed by atoms with van der Waals surface area (Å²) in [5, 5.41) is 16.4. The van der Waals surface area contributed by atoms with Gasteiger partial charge < -0.3 is 10.4 Å². The zero-order valence-electron chi connectivity index (χ0n) is 13.4. The molecule has 0 aliphatic heterocycles. The number of rotatable bonds is 7. The predicted molar refractivity (Wildman–Crippen MR) is 96.6 cm³/mol. The number of nitrogens with two attached hydrogens (primary N) is 1. The second-order valence-electron chi connectivity index (χ2n) is 5.35. The molecule has 0 bridgehead atoms. The molecule has 4 N–H and O–H groups in total. The number of carbonyl (C=O) groups is 2. The van der Waals surface area contributed by atoms with Gasteiger partial charge in [0.2, 0.25) is 15.9 Å². The predicted octanol–water partition coefficient (Wildman–Crippen LogP) is 0.920. The fourth-order valence-electron chi connectivity index (χ4n) is 2.10. The fourth-order valence-corrected chi connectivity index (χ4v) is 3.64. The number of hydrogen-bond acceptors (Lipinski definition) is 5. The minimum atomic E-state index is -3.81. The van der Waals surface area contributed by atoms with Crippen LogP contribution in [0.4, 0.5) is 5.69 Å². The summed E-state index contributed by atoms with van der Waals surface area (Å²) in [6.45, 7) is 0. The molecule has 0 saturated carbocycles. The summed E-state index contributed by atoms with van der Waals surface area (Å²) in [6, 6.07) is 11.3. The summed E-state index contributed by atoms with van der Waals surface area (Å²) in [5.41, 5.74) is 0.972. The van der Waals surface area contributed by atoms with Gasteiger partial charge >= 0.3 is 5.97 Å². The van der Waals surface area contributed by atoms with Crippen molar-refractivity contribution >= 4 is 38.4 Å². The van der Waals surface area contributed by atoms with Gasteiger partial charge in [-0.3, -0.25) is 9.00 Å². The van der Waals surface area contributed by atoms with Gasteiger partial charge in [0.15, 0.2) is 0 Å². The Morgan fingerprint density at radius 3 is 2.35 bits per heavy atom. The smallest absolute Gasteiger partial charge is 0.335 e. The number of amides is 1. The second kappa shape index (κ2) is 8.21. The third kappa shape index (κ3) is 5.76. The van der Waals surface area contributed by atoms with Gasteiger partial charge in [-0.1, -0.05) is 12.1 Å². The molecule has 0 aliphatic carbocycles. The Labute approximate surface area is 152 Å². The van der Waals surface area contributed by atoms with Crippen molar-refractivity contribution in [3.63, 3.8) is 0 Å². The standard InChI is InChI=1S/C16H16N2O6S2/c17-26(23,24)14-6-4-13(5-7-14)18-15(19)10-25(22)9-11-2-1-3-12(8-11)16(20)21/h1-8H,9-10H2,(H,18,19)(H,20,21)(H2,17,23,24). The Balaban J connectivity index is 1.94. The number of sulfonamides is 1. The highest BCUT2D eigenvalue weighted by Crippen LogP contribution is 2.13. The Morgan fingerprint density at radius 2 is 1.77 bits per heavy atom. The number of aromatic carboxylic acids is 1. The molecular formula is C16H16N2O6S2. The van der Waals surface area contributed by atoms with Crippen molar-refractivity contribution in [2.24, 2.45) is 5.14 Å². The van der Waals surface area contributed by atoms with Crippen molar-refractivity contribution in [3.8, 4) is 0 Å². The number of nitrogens with one attached hydrogen (secondary N) is 1. The van der Waals surface area contributed by atoms with Gasteiger partial charge in [-0.15, -0.1) is 0 Å². The van der Waals surface area contributed by atoms with Crippen molar-refractivity contribution in [1.29, 1.82) is 0 Å². The lowest BCUT2D eigenvalue weighted by molar-refractivity contribution is -0.113. The molecule has 10 heteroatoms. The quantitative estimate of drug-likeness (QED) is 0.635. The van der Waals surface area contributed by atoms with Gasteiger partial charge in [-0.2, -0.15) is 0 Å². The van der Waals surface area contributed by atoms with Crippen molar-refractivity contribution < 1.29 is 27.3 Å². The normalized spacial score (nSPS) is 12.3. The van der Waals surface area contributed by atoms with E-state index in [1.807, 2.05) is 0 Å². The van der Waals surface area contributed by atoms with Crippen LogP contribution in [0.1, 0.15) is 15.9 Å². The van der Waals surface area contributed by atoms with Gasteiger partial charge in [0, 0.05) is 22.2 Å². The highest BCUT2D eigenvalue weighted by molar-refractivity contribution is 7.89. The van der Waals surface area contributed by atoms with E-state index in [1.165, 1.54) is 36.4 Å². The summed E-state index contributed by atoms with van der Waals surface area (Å²) in [6.07, 6.45) is 0. The van der Waals surface area contributed by atoms with E-state index < -0.39 is 32.7 Å². The highest BCUT2D eigenvalue weighted by atomic mass is 32.2. The van der Waals surface area contributed by atoms with Crippen LogP contribution in [0, 0.1) is 0 Å². The maximum atomic E-state index is 12.1. The first-order valence-electron chi connectivity index (χ1n) is 7.25. The van der Waals surface area contributed by atoms with Gasteiger partial charge in [0.05, 0.1) is 10.5 Å². The first kappa shape index (κ1) is 19.8. The molecule has 26 heavy (non-hydrogen) atoms. The van der Waals surface area contributed by atoms with Crippen LogP contribution in [0.15, 0.2) is 53.4 Å². The molecule has 2 aromatic carbocycles. The Bertz CT molecular complexity index is 955. The number of carbonyl (C=O) groups excluding carboxylic acids is 1. The van der Waals surface area contributed by atoms with E-state index in [1.54, 1.807) is 12.1 Å². The van der Waals surface area contributed by atoms with Crippen LogP contribution in [-0.2, 0) is 31.4 Å². The van der Waals surface area contributed by atoms with Gasteiger partial charge in [-0.05, 0) is 42.0 Å². The zero-order chi connectivity index (χ0) is 19.3. The molecule has 0 radical (unpaired) electrons. The molecule has 0 spiro atoms. The first-order valence-corrected chi connectivity index (χ1v) is 10.3. The minimum absolute atomic E-state index is 0.0406. The van der Waals surface area contributed by atoms with E-state index in [9.17, 15) is 22.2 Å². The van der Waals surface area contributed by atoms with Crippen molar-refractivity contribution in [2.75, 3.05) is 11.1 Å². The topological polar surface area (TPSA) is 144 Å². The van der Waals surface area contributed by atoms with Crippen LogP contribution in [0.2, 0.25) is 0 Å². The van der Waals surface area contributed by atoms with Crippen LogP contribution in [0.3, 0.4) is 0 Å². The van der Waals surface area contributed by atoms with E-state index in [0.29, 0.717) is 11.3 Å². The maximum Gasteiger partial charge on any atom is 0.335 e. The SMILES string of the molecule is NS(=O)(=O)c1ccc(NC(=O)CS(=O)Cc2cccc(C(=O)O)c2)cc1. The molecule has 8 nitrogen and oxygen atoms in total. The second-order valence-corrected chi connectivity index (χ2v) is 8.37. The molecule has 0 heterocycles. The summed E-state index contributed by atoms with van der Waals surface area (Å²) in [7, 11) is -5.35. The molecule has 1 atom stereocenters. The molecule has 2 aromatic rings. The van der Waals surface area contributed by atoms with E-state index in [4.69, 9.17) is 10.2 Å². The van der Waals surface area contributed by atoms with Crippen LogP contribution in [-0.4, -0.2) is 35.4 Å². The van der Waals surface area contributed by atoms with Crippen LogP contribution in [0.25, 0.3) is 0 Å². The Morgan fingerprint density at radius 1 is 1.12 bits per heavy atom. The van der Waals surface area contributed by atoms with Gasteiger partial charge in [0.1, 0.15) is 5.75 Å². The highest BCUT2D eigenvalue weighted by Gasteiger charge is 2.12. The molecule has 1 unspecified atom stereocenters. The molecule has 0 aromatic heterocycles. The maximum absolute atomic E-state index is 12.1. The number of hydrogen-bond donors (Lipinski definition) is 3. The average molecular weight is 396 g/mol. The molecule has 1 amide bonds. The number of carboxylic acids is 1. The summed E-state index contributed by atoms with van der Waals surface area (Å²) in [4.78, 5) is 22.8. The van der Waals surface area contributed by atoms with Crippen LogP contribution in [0.5, 0.6) is 0 Å². The number of carboxylic acid groups (broad SMARTS) is 1. The van der Waals surface area contributed by atoms with Gasteiger partial charge in [0.25, 0.3) is 0 Å². The Kier molecular flexibility index (Phi) is 6.24. The number of benzene rings is 2. The molecule has 2 rings (SSSR count). The number of anilines is 1. The molecule has 0 fully saturated rings. The largest absolute Gasteiger partial charge is 0.478 e. The van der Waals surface area contributed by atoms with Crippen LogP contribution >= 0.6 is 0 Å². The average Bonchev–Trinajstić information content (AvgIpc) is 2.54. The fraction of sp³-hybridized carbons (Fsp3) is 0.125. The zero-order valence-corrected chi connectivity index (χ0v) is 15.0. The summed E-state index contributed by atoms with van der Waals surface area (Å²) < 4.78 is 34.4. The lowest BCUT2D eigenvalue weighted by Crippen LogP contribution is -2.20. The Hall–Kier alpha value is -2.56. The first-order chi connectivity index (χ1) is 12.1. The van der Waals surface area contributed by atoms with Crippen LogP contribution < -0.4 is 10.5 Å². The molecular weight excluding hydrogens is 380 g/mol. The molecule has 0 aliphatic rings. The molecule has 0 saturated heterocycles. The van der Waals surface area contributed by atoms with E-state index in [-0.39, 0.29) is 22.0 Å². The van der Waals surface area contributed by atoms with Crippen molar-refractivity contribution in [3.05, 3.63) is 59.7 Å². The third-order valence-electron chi connectivity index (χ3n) is 3.26.